The molecule has 0 aromatic heterocycles. The van der Waals surface area contributed by atoms with Gasteiger partial charge in [-0.05, 0) is 12.5 Å². The second-order valence-corrected chi connectivity index (χ2v) is 4.05. The van der Waals surface area contributed by atoms with Crippen LogP contribution in [-0.2, 0) is 20.8 Å². The zero-order chi connectivity index (χ0) is 13.1. The lowest BCUT2D eigenvalue weighted by Crippen LogP contribution is -2.13. The van der Waals surface area contributed by atoms with Crippen molar-refractivity contribution in [3.8, 4) is 0 Å². The quantitative estimate of drug-likeness (QED) is 0.642. The first-order valence-corrected chi connectivity index (χ1v) is 6.32. The summed E-state index contributed by atoms with van der Waals surface area (Å²) in [7, 11) is 0. The number of nitrogens with two attached hydrogens (primary N) is 1. The molecule has 0 heterocycles. The van der Waals surface area contributed by atoms with Gasteiger partial charge in [0.25, 0.3) is 0 Å². The molecule has 0 aliphatic rings. The van der Waals surface area contributed by atoms with Gasteiger partial charge in [-0.2, -0.15) is 0 Å². The molecule has 1 aromatic carbocycles. The molecule has 0 amide bonds. The lowest BCUT2D eigenvalue weighted by atomic mass is 10.2. The minimum atomic E-state index is 0.555. The van der Waals surface area contributed by atoms with Crippen LogP contribution in [0.2, 0.25) is 0 Å². The summed E-state index contributed by atoms with van der Waals surface area (Å²) < 4.78 is 16.0. The van der Waals surface area contributed by atoms with E-state index in [1.54, 1.807) is 0 Å². The third-order valence-electron chi connectivity index (χ3n) is 2.40. The highest BCUT2D eigenvalue weighted by atomic mass is 16.5. The number of hydrogen-bond donors (Lipinski definition) is 1. The van der Waals surface area contributed by atoms with E-state index in [1.807, 2.05) is 0 Å². The Balaban J connectivity index is 1.91. The summed E-state index contributed by atoms with van der Waals surface area (Å²) in [4.78, 5) is 0. The van der Waals surface area contributed by atoms with Crippen molar-refractivity contribution in [1.82, 2.24) is 0 Å². The van der Waals surface area contributed by atoms with E-state index in [2.05, 4.69) is 31.2 Å². The van der Waals surface area contributed by atoms with E-state index < -0.39 is 0 Å². The van der Waals surface area contributed by atoms with Crippen LogP contribution >= 0.6 is 0 Å². The predicted molar refractivity (Wildman–Crippen MR) is 71.5 cm³/mol. The molecule has 0 bridgehead atoms. The van der Waals surface area contributed by atoms with Gasteiger partial charge in [0, 0.05) is 6.54 Å². The molecule has 4 nitrogen and oxygen atoms in total. The summed E-state index contributed by atoms with van der Waals surface area (Å²) in [5, 5.41) is 0. The van der Waals surface area contributed by atoms with Crippen LogP contribution < -0.4 is 5.73 Å². The third-order valence-corrected chi connectivity index (χ3v) is 2.40. The summed E-state index contributed by atoms with van der Waals surface area (Å²) in [6.07, 6.45) is 0. The molecule has 0 saturated heterocycles. The van der Waals surface area contributed by atoms with Crippen LogP contribution in [0.3, 0.4) is 0 Å². The average Bonchev–Trinajstić information content (AvgIpc) is 2.39. The Labute approximate surface area is 109 Å². The first-order valence-electron chi connectivity index (χ1n) is 6.32. The van der Waals surface area contributed by atoms with Crippen LogP contribution in [0, 0.1) is 6.92 Å². The summed E-state index contributed by atoms with van der Waals surface area (Å²) in [6, 6.07) is 8.33. The van der Waals surface area contributed by atoms with Crippen molar-refractivity contribution in [2.45, 2.75) is 13.5 Å². The van der Waals surface area contributed by atoms with E-state index >= 15 is 0 Å². The van der Waals surface area contributed by atoms with Gasteiger partial charge in [-0.1, -0.05) is 29.8 Å². The zero-order valence-corrected chi connectivity index (χ0v) is 11.1. The molecule has 0 saturated carbocycles. The Bertz CT molecular complexity index is 300. The van der Waals surface area contributed by atoms with E-state index in [1.165, 1.54) is 11.1 Å². The topological polar surface area (TPSA) is 53.7 Å². The van der Waals surface area contributed by atoms with Gasteiger partial charge >= 0.3 is 0 Å². The second-order valence-electron chi connectivity index (χ2n) is 4.05. The standard InChI is InChI=1S/C14H23NO3/c1-13-2-4-14(5-3-13)12-18-11-10-17-9-8-16-7-6-15/h2-5H,6-12,15H2,1H3. The van der Waals surface area contributed by atoms with Gasteiger partial charge in [0.15, 0.2) is 0 Å². The van der Waals surface area contributed by atoms with Gasteiger partial charge in [0.1, 0.15) is 0 Å². The molecule has 102 valence electrons. The lowest BCUT2D eigenvalue weighted by Gasteiger charge is -2.06. The Morgan fingerprint density at radius 2 is 1.39 bits per heavy atom. The van der Waals surface area contributed by atoms with Crippen LogP contribution in [0.1, 0.15) is 11.1 Å². The molecule has 4 heteroatoms. The predicted octanol–water partition coefficient (Wildman–Crippen LogP) is 1.50. The van der Waals surface area contributed by atoms with Crippen LogP contribution in [0.4, 0.5) is 0 Å². The normalized spacial score (nSPS) is 10.8. The van der Waals surface area contributed by atoms with Crippen LogP contribution in [0.15, 0.2) is 24.3 Å². The van der Waals surface area contributed by atoms with Crippen LogP contribution in [0.5, 0.6) is 0 Å². The molecule has 0 aliphatic carbocycles. The molecule has 2 N–H and O–H groups in total. The minimum Gasteiger partial charge on any atom is -0.378 e. The molecule has 1 rings (SSSR count). The van der Waals surface area contributed by atoms with Gasteiger partial charge in [0.2, 0.25) is 0 Å². The van der Waals surface area contributed by atoms with Gasteiger partial charge in [-0.15, -0.1) is 0 Å². The van der Waals surface area contributed by atoms with E-state index in [0.29, 0.717) is 46.2 Å². The first-order chi connectivity index (χ1) is 8.83. The first kappa shape index (κ1) is 15.1. The van der Waals surface area contributed by atoms with Crippen molar-refractivity contribution < 1.29 is 14.2 Å². The summed E-state index contributed by atoms with van der Waals surface area (Å²) >= 11 is 0. The fourth-order valence-corrected chi connectivity index (χ4v) is 1.40. The van der Waals surface area contributed by atoms with E-state index in [0.717, 1.165) is 0 Å². The maximum Gasteiger partial charge on any atom is 0.0718 e. The summed E-state index contributed by atoms with van der Waals surface area (Å²) in [5.41, 5.74) is 7.74. The molecule has 0 spiro atoms. The second kappa shape index (κ2) is 10.0. The van der Waals surface area contributed by atoms with Gasteiger partial charge in [-0.25, -0.2) is 0 Å². The van der Waals surface area contributed by atoms with E-state index in [-0.39, 0.29) is 0 Å². The van der Waals surface area contributed by atoms with Crippen LogP contribution in [0.25, 0.3) is 0 Å². The average molecular weight is 253 g/mol. The SMILES string of the molecule is Cc1ccc(COCCOCCOCCN)cc1. The Morgan fingerprint density at radius 1 is 0.833 bits per heavy atom. The number of benzene rings is 1. The fraction of sp³-hybridized carbons (Fsp3) is 0.571. The molecular formula is C14H23NO3. The van der Waals surface area contributed by atoms with Gasteiger partial charge in [0.05, 0.1) is 39.6 Å². The number of aryl methyl sites for hydroxylation is 1. The lowest BCUT2D eigenvalue weighted by molar-refractivity contribution is 0.0119. The highest BCUT2D eigenvalue weighted by Gasteiger charge is 1.94. The molecule has 0 atom stereocenters. The maximum atomic E-state index is 5.50. The van der Waals surface area contributed by atoms with Crippen molar-refractivity contribution in [3.05, 3.63) is 35.4 Å². The maximum absolute atomic E-state index is 5.50. The highest BCUT2D eigenvalue weighted by molar-refractivity contribution is 5.20. The van der Waals surface area contributed by atoms with Crippen molar-refractivity contribution in [2.75, 3.05) is 39.6 Å². The number of ether oxygens (including phenoxy) is 3. The summed E-state index contributed by atoms with van der Waals surface area (Å²) in [6.45, 7) is 6.23. The van der Waals surface area contributed by atoms with Crippen molar-refractivity contribution >= 4 is 0 Å². The zero-order valence-electron chi connectivity index (χ0n) is 11.1. The molecule has 1 aromatic rings. The number of rotatable bonds is 10. The Hall–Kier alpha value is -0.940. The largest absolute Gasteiger partial charge is 0.378 e. The van der Waals surface area contributed by atoms with Crippen LogP contribution in [-0.4, -0.2) is 39.6 Å². The summed E-state index contributed by atoms with van der Waals surface area (Å²) in [5.74, 6) is 0. The highest BCUT2D eigenvalue weighted by Crippen LogP contribution is 2.04. The van der Waals surface area contributed by atoms with E-state index in [9.17, 15) is 0 Å². The van der Waals surface area contributed by atoms with E-state index in [4.69, 9.17) is 19.9 Å². The fourth-order valence-electron chi connectivity index (χ4n) is 1.40. The van der Waals surface area contributed by atoms with Gasteiger partial charge in [-0.3, -0.25) is 0 Å². The molecule has 0 radical (unpaired) electrons. The van der Waals surface area contributed by atoms with Crippen molar-refractivity contribution in [3.63, 3.8) is 0 Å². The molecule has 18 heavy (non-hydrogen) atoms. The van der Waals surface area contributed by atoms with Crippen molar-refractivity contribution in [1.29, 1.82) is 0 Å². The Kier molecular flexibility index (Phi) is 8.42. The minimum absolute atomic E-state index is 0.555. The smallest absolute Gasteiger partial charge is 0.0718 e. The molecule has 0 unspecified atom stereocenters. The number of hydrogen-bond acceptors (Lipinski definition) is 4. The Morgan fingerprint density at radius 3 is 2.00 bits per heavy atom. The third kappa shape index (κ3) is 7.40. The van der Waals surface area contributed by atoms with Gasteiger partial charge < -0.3 is 19.9 Å². The molecule has 0 fully saturated rings. The molecular weight excluding hydrogens is 230 g/mol. The van der Waals surface area contributed by atoms with Crippen molar-refractivity contribution in [2.24, 2.45) is 5.73 Å². The monoisotopic (exact) mass is 253 g/mol. The molecule has 0 aliphatic heterocycles.